The molecule has 3 aromatic carbocycles. The van der Waals surface area contributed by atoms with Crippen LogP contribution in [0.25, 0.3) is 21.8 Å². The molecule has 0 radical (unpaired) electrons. The molecule has 39 heavy (non-hydrogen) atoms. The molecule has 0 unspecified atom stereocenters. The first-order valence-electron chi connectivity index (χ1n) is 12.0. The van der Waals surface area contributed by atoms with E-state index in [1.807, 2.05) is 6.07 Å². The molecule has 2 heterocycles. The van der Waals surface area contributed by atoms with Crippen molar-refractivity contribution in [2.24, 2.45) is 5.73 Å². The maximum Gasteiger partial charge on any atom is 0.331 e. The van der Waals surface area contributed by atoms with Crippen LogP contribution in [-0.4, -0.2) is 14.1 Å². The van der Waals surface area contributed by atoms with Crippen LogP contribution in [0.5, 0.6) is 0 Å². The van der Waals surface area contributed by atoms with E-state index in [2.05, 4.69) is 4.98 Å². The summed E-state index contributed by atoms with van der Waals surface area (Å²) in [6.07, 6.45) is 0. The summed E-state index contributed by atoms with van der Waals surface area (Å²) in [6.45, 7) is 0.935. The van der Waals surface area contributed by atoms with E-state index in [0.29, 0.717) is 16.1 Å². The fourth-order valence-electron chi connectivity index (χ4n) is 4.40. The Labute approximate surface area is 225 Å². The van der Waals surface area contributed by atoms with E-state index < -0.39 is 41.3 Å². The van der Waals surface area contributed by atoms with Crippen molar-refractivity contribution in [1.82, 2.24) is 14.1 Å². The molecule has 0 bridgehead atoms. The predicted molar refractivity (Wildman–Crippen MR) is 145 cm³/mol. The van der Waals surface area contributed by atoms with E-state index in [-0.39, 0.29) is 29.1 Å². The molecular formula is C29H23F3N4O2S. The van der Waals surface area contributed by atoms with Crippen molar-refractivity contribution in [1.29, 1.82) is 0 Å². The molecule has 5 aromatic rings. The van der Waals surface area contributed by atoms with Crippen LogP contribution >= 0.6 is 11.3 Å². The minimum atomic E-state index is -0.811. The maximum atomic E-state index is 14.6. The smallest absolute Gasteiger partial charge is 0.322 e. The summed E-state index contributed by atoms with van der Waals surface area (Å²) in [5, 5.41) is 2.19. The summed E-state index contributed by atoms with van der Waals surface area (Å²) in [5.41, 5.74) is 6.65. The van der Waals surface area contributed by atoms with Crippen molar-refractivity contribution in [3.8, 4) is 21.8 Å². The highest BCUT2D eigenvalue weighted by molar-refractivity contribution is 7.13. The Kier molecular flexibility index (Phi) is 7.32. The summed E-state index contributed by atoms with van der Waals surface area (Å²) in [4.78, 5) is 32.0. The molecule has 0 saturated heterocycles. The van der Waals surface area contributed by atoms with E-state index in [0.717, 1.165) is 21.3 Å². The monoisotopic (exact) mass is 548 g/mol. The van der Waals surface area contributed by atoms with Gasteiger partial charge in [-0.25, -0.2) is 22.9 Å². The van der Waals surface area contributed by atoms with Gasteiger partial charge in [-0.3, -0.25) is 13.9 Å². The summed E-state index contributed by atoms with van der Waals surface area (Å²) in [7, 11) is 0. The molecule has 0 saturated carbocycles. The van der Waals surface area contributed by atoms with Gasteiger partial charge in [0.15, 0.2) is 0 Å². The molecule has 0 spiro atoms. The van der Waals surface area contributed by atoms with Gasteiger partial charge in [0.2, 0.25) is 0 Å². The van der Waals surface area contributed by atoms with E-state index in [9.17, 15) is 22.8 Å². The fourth-order valence-corrected chi connectivity index (χ4v) is 5.22. The molecule has 0 amide bonds. The lowest BCUT2D eigenvalue weighted by atomic mass is 10.1. The first kappa shape index (κ1) is 26.3. The molecule has 2 aromatic heterocycles. The van der Waals surface area contributed by atoms with E-state index >= 15 is 0 Å². The minimum Gasteiger partial charge on any atom is -0.322 e. The zero-order valence-corrected chi connectivity index (χ0v) is 21.6. The molecule has 198 valence electrons. The van der Waals surface area contributed by atoms with Crippen molar-refractivity contribution >= 4 is 11.3 Å². The number of aromatic nitrogens is 3. The molecule has 0 aliphatic heterocycles. The Morgan fingerprint density at radius 3 is 2.23 bits per heavy atom. The van der Waals surface area contributed by atoms with Gasteiger partial charge < -0.3 is 5.73 Å². The summed E-state index contributed by atoms with van der Waals surface area (Å²) < 4.78 is 44.7. The van der Waals surface area contributed by atoms with Crippen LogP contribution in [0.15, 0.2) is 87.8 Å². The highest BCUT2D eigenvalue weighted by atomic mass is 32.1. The molecule has 1 atom stereocenters. The number of benzene rings is 3. The summed E-state index contributed by atoms with van der Waals surface area (Å²) in [6, 6.07) is 17.5. The van der Waals surface area contributed by atoms with Crippen molar-refractivity contribution < 1.29 is 13.2 Å². The molecule has 0 fully saturated rings. The standard InChI is InChI=1S/C29H23F3N4O2S/c1-17-26(25-16-39-27(34-25)19-10-12-20(30)13-11-19)28(37)36(15-24(33)18-6-3-2-4-7-18)29(38)35(17)14-21-22(31)8-5-9-23(21)32/h2-13,16,24H,14-15,33H2,1H3/t24-/m0/s1. The lowest BCUT2D eigenvalue weighted by molar-refractivity contribution is 0.493. The van der Waals surface area contributed by atoms with E-state index in [1.165, 1.54) is 36.5 Å². The lowest BCUT2D eigenvalue weighted by Gasteiger charge is -2.19. The van der Waals surface area contributed by atoms with Gasteiger partial charge in [0.05, 0.1) is 24.3 Å². The van der Waals surface area contributed by atoms with Crippen LogP contribution in [0.3, 0.4) is 0 Å². The number of thiazole rings is 1. The molecule has 0 aliphatic rings. The Bertz CT molecular complexity index is 1740. The second kappa shape index (κ2) is 10.8. The van der Waals surface area contributed by atoms with Gasteiger partial charge in [-0.05, 0) is 48.9 Å². The van der Waals surface area contributed by atoms with Crippen molar-refractivity contribution in [2.45, 2.75) is 26.1 Å². The summed E-state index contributed by atoms with van der Waals surface area (Å²) >= 11 is 1.24. The zero-order valence-electron chi connectivity index (χ0n) is 20.8. The highest BCUT2D eigenvalue weighted by Gasteiger charge is 2.23. The van der Waals surface area contributed by atoms with Crippen LogP contribution in [-0.2, 0) is 13.1 Å². The lowest BCUT2D eigenvalue weighted by Crippen LogP contribution is -2.44. The molecule has 6 nitrogen and oxygen atoms in total. The highest BCUT2D eigenvalue weighted by Crippen LogP contribution is 2.29. The third-order valence-corrected chi connectivity index (χ3v) is 7.42. The SMILES string of the molecule is Cc1c(-c2csc(-c3ccc(F)cc3)n2)c(=O)n(C[C@H](N)c2ccccc2)c(=O)n1Cc1c(F)cccc1F. The number of rotatable bonds is 7. The number of nitrogens with zero attached hydrogens (tertiary/aromatic N) is 3. The normalized spacial score (nSPS) is 12.0. The van der Waals surface area contributed by atoms with Crippen LogP contribution in [0.2, 0.25) is 0 Å². The van der Waals surface area contributed by atoms with Crippen molar-refractivity contribution in [2.75, 3.05) is 0 Å². The predicted octanol–water partition coefficient (Wildman–Crippen LogP) is 5.27. The number of hydrogen-bond donors (Lipinski definition) is 1. The topological polar surface area (TPSA) is 82.9 Å². The van der Waals surface area contributed by atoms with Gasteiger partial charge in [-0.2, -0.15) is 0 Å². The minimum absolute atomic E-state index is 0.108. The largest absolute Gasteiger partial charge is 0.331 e. The Balaban J connectivity index is 1.67. The van der Waals surface area contributed by atoms with Gasteiger partial charge in [-0.15, -0.1) is 11.3 Å². The van der Waals surface area contributed by atoms with Gasteiger partial charge in [0.1, 0.15) is 22.5 Å². The van der Waals surface area contributed by atoms with E-state index in [1.54, 1.807) is 41.8 Å². The Morgan fingerprint density at radius 1 is 0.897 bits per heavy atom. The molecule has 10 heteroatoms. The van der Waals surface area contributed by atoms with Gasteiger partial charge in [-0.1, -0.05) is 36.4 Å². The zero-order chi connectivity index (χ0) is 27.7. The summed E-state index contributed by atoms with van der Waals surface area (Å²) in [5.74, 6) is -2.01. The van der Waals surface area contributed by atoms with Crippen LogP contribution in [0.1, 0.15) is 22.9 Å². The van der Waals surface area contributed by atoms with Crippen molar-refractivity contribution in [3.63, 3.8) is 0 Å². The third-order valence-electron chi connectivity index (χ3n) is 6.52. The van der Waals surface area contributed by atoms with Gasteiger partial charge in [0, 0.05) is 28.2 Å². The average molecular weight is 549 g/mol. The molecule has 5 rings (SSSR count). The van der Waals surface area contributed by atoms with Crippen LogP contribution in [0, 0.1) is 24.4 Å². The number of hydrogen-bond acceptors (Lipinski definition) is 5. The Hall–Kier alpha value is -4.28. The third kappa shape index (κ3) is 5.21. The first-order chi connectivity index (χ1) is 18.7. The fraction of sp³-hybridized carbons (Fsp3) is 0.138. The average Bonchev–Trinajstić information content (AvgIpc) is 3.41. The molecule has 2 N–H and O–H groups in total. The second-order valence-corrected chi connectivity index (χ2v) is 9.87. The van der Waals surface area contributed by atoms with Crippen LogP contribution < -0.4 is 17.0 Å². The molecule has 0 aliphatic carbocycles. The number of halogens is 3. The number of nitrogens with two attached hydrogens (primary N) is 1. The Morgan fingerprint density at radius 2 is 1.56 bits per heavy atom. The van der Waals surface area contributed by atoms with Gasteiger partial charge >= 0.3 is 5.69 Å². The second-order valence-electron chi connectivity index (χ2n) is 9.01. The van der Waals surface area contributed by atoms with Crippen LogP contribution in [0.4, 0.5) is 13.2 Å². The molecular weight excluding hydrogens is 525 g/mol. The van der Waals surface area contributed by atoms with Gasteiger partial charge in [0.25, 0.3) is 5.56 Å². The first-order valence-corrected chi connectivity index (χ1v) is 12.9. The maximum absolute atomic E-state index is 14.6. The quantitative estimate of drug-likeness (QED) is 0.300. The van der Waals surface area contributed by atoms with E-state index in [4.69, 9.17) is 5.73 Å². The van der Waals surface area contributed by atoms with Crippen molar-refractivity contribution in [3.05, 3.63) is 133 Å².